The largest absolute Gasteiger partial charge is 0.324 e. The van der Waals surface area contributed by atoms with Crippen molar-refractivity contribution >= 4 is 0 Å². The normalized spacial score (nSPS) is 12.8. The molecule has 2 N–H and O–H groups in total. The number of aryl methyl sites for hydroxylation is 1. The van der Waals surface area contributed by atoms with E-state index in [1.807, 2.05) is 30.8 Å². The second kappa shape index (κ2) is 4.10. The van der Waals surface area contributed by atoms with Crippen LogP contribution in [0.4, 0.5) is 0 Å². The molecule has 3 heteroatoms. The van der Waals surface area contributed by atoms with Gasteiger partial charge in [0, 0.05) is 17.3 Å². The summed E-state index contributed by atoms with van der Waals surface area (Å²) in [5, 5.41) is 4.38. The molecule has 0 spiro atoms. The molecular weight excluding hydrogens is 198 g/mol. The van der Waals surface area contributed by atoms with E-state index >= 15 is 0 Å². The molecule has 0 aliphatic carbocycles. The topological polar surface area (TPSA) is 43.8 Å². The van der Waals surface area contributed by atoms with E-state index < -0.39 is 0 Å². The molecule has 2 rings (SSSR count). The van der Waals surface area contributed by atoms with Gasteiger partial charge in [-0.3, -0.25) is 0 Å². The van der Waals surface area contributed by atoms with E-state index in [9.17, 15) is 0 Å². The van der Waals surface area contributed by atoms with Crippen molar-refractivity contribution in [2.45, 2.75) is 26.8 Å². The molecule has 1 unspecified atom stereocenters. The highest BCUT2D eigenvalue weighted by molar-refractivity contribution is 5.38. The van der Waals surface area contributed by atoms with E-state index in [1.165, 1.54) is 5.56 Å². The van der Waals surface area contributed by atoms with Gasteiger partial charge in [-0.05, 0) is 38.5 Å². The van der Waals surface area contributed by atoms with Gasteiger partial charge < -0.3 is 5.73 Å². The molecule has 1 atom stereocenters. The van der Waals surface area contributed by atoms with Gasteiger partial charge in [0.05, 0.1) is 11.9 Å². The highest BCUT2D eigenvalue weighted by Gasteiger charge is 2.10. The molecule has 0 saturated carbocycles. The smallest absolute Gasteiger partial charge is 0.0651 e. The zero-order chi connectivity index (χ0) is 11.7. The van der Waals surface area contributed by atoms with Crippen LogP contribution >= 0.6 is 0 Å². The fourth-order valence-electron chi connectivity index (χ4n) is 1.89. The third-order valence-corrected chi connectivity index (χ3v) is 2.78. The summed E-state index contributed by atoms with van der Waals surface area (Å²) in [5.74, 6) is 0. The number of hydrogen-bond donors (Lipinski definition) is 1. The Balaban J connectivity index is 2.49. The Morgan fingerprint density at radius 2 is 2.06 bits per heavy atom. The maximum Gasteiger partial charge on any atom is 0.0651 e. The first-order chi connectivity index (χ1) is 7.59. The van der Waals surface area contributed by atoms with Crippen molar-refractivity contribution < 1.29 is 0 Å². The second-order valence-corrected chi connectivity index (χ2v) is 4.22. The number of benzene rings is 1. The molecule has 3 nitrogen and oxygen atoms in total. The Hall–Kier alpha value is -1.61. The highest BCUT2D eigenvalue weighted by Crippen LogP contribution is 2.18. The molecule has 0 bridgehead atoms. The minimum atomic E-state index is 0.0264. The van der Waals surface area contributed by atoms with E-state index in [0.29, 0.717) is 0 Å². The lowest BCUT2D eigenvalue weighted by atomic mass is 10.1. The second-order valence-electron chi connectivity index (χ2n) is 4.22. The lowest BCUT2D eigenvalue weighted by molar-refractivity contribution is 0.796. The summed E-state index contributed by atoms with van der Waals surface area (Å²) in [5.41, 5.74) is 10.4. The summed E-state index contributed by atoms with van der Waals surface area (Å²) in [7, 11) is 0. The minimum Gasteiger partial charge on any atom is -0.324 e. The average molecular weight is 215 g/mol. The maximum atomic E-state index is 5.88. The predicted octanol–water partition coefficient (Wildman–Crippen LogP) is 2.51. The lowest BCUT2D eigenvalue weighted by Gasteiger charge is -2.07. The summed E-state index contributed by atoms with van der Waals surface area (Å²) in [6.45, 7) is 6.10. The van der Waals surface area contributed by atoms with Gasteiger partial charge >= 0.3 is 0 Å². The molecule has 0 aliphatic heterocycles. The van der Waals surface area contributed by atoms with Crippen LogP contribution < -0.4 is 5.73 Å². The van der Waals surface area contributed by atoms with Gasteiger partial charge in [-0.1, -0.05) is 12.1 Å². The maximum absolute atomic E-state index is 5.88. The van der Waals surface area contributed by atoms with Gasteiger partial charge in [-0.25, -0.2) is 4.68 Å². The number of rotatable bonds is 2. The van der Waals surface area contributed by atoms with E-state index in [-0.39, 0.29) is 6.04 Å². The summed E-state index contributed by atoms with van der Waals surface area (Å²) in [6, 6.07) is 8.31. The number of nitrogens with zero attached hydrogens (tertiary/aromatic N) is 2. The number of aromatic nitrogens is 2. The minimum absolute atomic E-state index is 0.0264. The van der Waals surface area contributed by atoms with Crippen LogP contribution in [0.25, 0.3) is 5.69 Å². The number of hydrogen-bond acceptors (Lipinski definition) is 2. The van der Waals surface area contributed by atoms with Crippen LogP contribution in [0.15, 0.2) is 30.5 Å². The third kappa shape index (κ3) is 1.86. The quantitative estimate of drug-likeness (QED) is 0.836. The summed E-state index contributed by atoms with van der Waals surface area (Å²) in [6.07, 6.45) is 1.85. The standard InChI is InChI=1S/C13H17N3/c1-9-5-4-6-12(7-9)16-11(3)13(8-15-16)10(2)14/h4-8,10H,14H2,1-3H3. The van der Waals surface area contributed by atoms with Crippen molar-refractivity contribution in [2.75, 3.05) is 0 Å². The van der Waals surface area contributed by atoms with Crippen molar-refractivity contribution in [2.24, 2.45) is 5.73 Å². The zero-order valence-electron chi connectivity index (χ0n) is 9.94. The summed E-state index contributed by atoms with van der Waals surface area (Å²) in [4.78, 5) is 0. The van der Waals surface area contributed by atoms with Crippen LogP contribution in [0.5, 0.6) is 0 Å². The van der Waals surface area contributed by atoms with Gasteiger partial charge in [-0.2, -0.15) is 5.10 Å². The molecule has 2 aromatic rings. The van der Waals surface area contributed by atoms with Crippen molar-refractivity contribution in [3.8, 4) is 5.69 Å². The zero-order valence-corrected chi connectivity index (χ0v) is 9.94. The molecule has 0 fully saturated rings. The van der Waals surface area contributed by atoms with E-state index in [2.05, 4.69) is 30.2 Å². The molecular formula is C13H17N3. The Labute approximate surface area is 95.9 Å². The molecule has 84 valence electrons. The highest BCUT2D eigenvalue weighted by atomic mass is 15.3. The molecule has 0 radical (unpaired) electrons. The van der Waals surface area contributed by atoms with Crippen LogP contribution in [0.3, 0.4) is 0 Å². The third-order valence-electron chi connectivity index (χ3n) is 2.78. The van der Waals surface area contributed by atoms with Gasteiger partial charge in [0.1, 0.15) is 0 Å². The van der Waals surface area contributed by atoms with Gasteiger partial charge in [-0.15, -0.1) is 0 Å². The van der Waals surface area contributed by atoms with E-state index in [4.69, 9.17) is 5.73 Å². The Bertz CT molecular complexity index is 498. The Morgan fingerprint density at radius 3 is 2.62 bits per heavy atom. The van der Waals surface area contributed by atoms with Crippen LogP contribution in [-0.2, 0) is 0 Å². The van der Waals surface area contributed by atoms with Crippen molar-refractivity contribution in [1.29, 1.82) is 0 Å². The molecule has 1 aromatic carbocycles. The molecule has 0 saturated heterocycles. The van der Waals surface area contributed by atoms with Crippen LogP contribution in [0, 0.1) is 13.8 Å². The first kappa shape index (κ1) is 10.9. The van der Waals surface area contributed by atoms with E-state index in [0.717, 1.165) is 16.9 Å². The fraction of sp³-hybridized carbons (Fsp3) is 0.308. The summed E-state index contributed by atoms with van der Waals surface area (Å²) >= 11 is 0. The molecule has 0 amide bonds. The molecule has 1 heterocycles. The number of nitrogens with two attached hydrogens (primary N) is 1. The molecule has 16 heavy (non-hydrogen) atoms. The Kier molecular flexibility index (Phi) is 2.79. The SMILES string of the molecule is Cc1cccc(-n2ncc(C(C)N)c2C)c1. The Morgan fingerprint density at radius 1 is 1.31 bits per heavy atom. The fourth-order valence-corrected chi connectivity index (χ4v) is 1.89. The monoisotopic (exact) mass is 215 g/mol. The molecule has 1 aromatic heterocycles. The first-order valence-corrected chi connectivity index (χ1v) is 5.46. The van der Waals surface area contributed by atoms with Crippen LogP contribution in [0.1, 0.15) is 29.8 Å². The average Bonchev–Trinajstić information content (AvgIpc) is 2.60. The predicted molar refractivity (Wildman–Crippen MR) is 65.6 cm³/mol. The van der Waals surface area contributed by atoms with E-state index in [1.54, 1.807) is 0 Å². The van der Waals surface area contributed by atoms with Crippen molar-refractivity contribution in [3.63, 3.8) is 0 Å². The van der Waals surface area contributed by atoms with Crippen LogP contribution in [-0.4, -0.2) is 9.78 Å². The summed E-state index contributed by atoms with van der Waals surface area (Å²) < 4.78 is 1.94. The van der Waals surface area contributed by atoms with Crippen LogP contribution in [0.2, 0.25) is 0 Å². The lowest BCUT2D eigenvalue weighted by Crippen LogP contribution is -2.07. The first-order valence-electron chi connectivity index (χ1n) is 5.46. The van der Waals surface area contributed by atoms with Gasteiger partial charge in [0.2, 0.25) is 0 Å². The van der Waals surface area contributed by atoms with Gasteiger partial charge in [0.25, 0.3) is 0 Å². The van der Waals surface area contributed by atoms with Crippen molar-refractivity contribution in [3.05, 3.63) is 47.3 Å². The van der Waals surface area contributed by atoms with Crippen molar-refractivity contribution in [1.82, 2.24) is 9.78 Å². The van der Waals surface area contributed by atoms with Gasteiger partial charge in [0.15, 0.2) is 0 Å². The molecule has 0 aliphatic rings.